The first-order valence-corrected chi connectivity index (χ1v) is 4.73. The summed E-state index contributed by atoms with van der Waals surface area (Å²) in [5.74, 6) is 0. The fourth-order valence-corrected chi connectivity index (χ4v) is 1.58. The molecule has 0 bridgehead atoms. The molecule has 0 aromatic rings. The van der Waals surface area contributed by atoms with Crippen LogP contribution >= 0.6 is 0 Å². The first kappa shape index (κ1) is 9.54. The standard InChI is InChI=1S/C10H17NO/c1-3-10(2,8-11)7-9-5-4-6-12-9/h9H,3-7H2,1-2H3. The van der Waals surface area contributed by atoms with Crippen molar-refractivity contribution < 1.29 is 4.74 Å². The zero-order valence-corrected chi connectivity index (χ0v) is 7.97. The minimum Gasteiger partial charge on any atom is -0.378 e. The largest absolute Gasteiger partial charge is 0.378 e. The van der Waals surface area contributed by atoms with Gasteiger partial charge in [0.25, 0.3) is 0 Å². The SMILES string of the molecule is CCC(C)(C#N)CC1CCCO1. The van der Waals surface area contributed by atoms with E-state index in [0.29, 0.717) is 6.10 Å². The third kappa shape index (κ3) is 2.22. The first-order chi connectivity index (χ1) is 5.70. The number of nitrogens with zero attached hydrogens (tertiary/aromatic N) is 1. The van der Waals surface area contributed by atoms with Crippen LogP contribution in [0.1, 0.15) is 39.5 Å². The molecule has 1 rings (SSSR count). The molecule has 68 valence electrons. The summed E-state index contributed by atoms with van der Waals surface area (Å²) in [7, 11) is 0. The van der Waals surface area contributed by atoms with Crippen molar-refractivity contribution in [2.24, 2.45) is 5.41 Å². The summed E-state index contributed by atoms with van der Waals surface area (Å²) in [6, 6.07) is 2.38. The highest BCUT2D eigenvalue weighted by Gasteiger charge is 2.28. The maximum absolute atomic E-state index is 8.94. The highest BCUT2D eigenvalue weighted by molar-refractivity contribution is 4.96. The Hall–Kier alpha value is -0.550. The van der Waals surface area contributed by atoms with Crippen molar-refractivity contribution >= 4 is 0 Å². The van der Waals surface area contributed by atoms with Gasteiger partial charge < -0.3 is 4.74 Å². The van der Waals surface area contributed by atoms with Crippen molar-refractivity contribution in [2.45, 2.75) is 45.6 Å². The van der Waals surface area contributed by atoms with Gasteiger partial charge in [-0.2, -0.15) is 5.26 Å². The summed E-state index contributed by atoms with van der Waals surface area (Å²) >= 11 is 0. The Morgan fingerprint density at radius 3 is 2.83 bits per heavy atom. The molecule has 2 atom stereocenters. The topological polar surface area (TPSA) is 33.0 Å². The summed E-state index contributed by atoms with van der Waals surface area (Å²) in [4.78, 5) is 0. The van der Waals surface area contributed by atoms with E-state index in [9.17, 15) is 0 Å². The molecule has 0 saturated carbocycles. The maximum Gasteiger partial charge on any atom is 0.0687 e. The van der Waals surface area contributed by atoms with Gasteiger partial charge in [0.15, 0.2) is 0 Å². The quantitative estimate of drug-likeness (QED) is 0.647. The molecular weight excluding hydrogens is 150 g/mol. The van der Waals surface area contributed by atoms with Gasteiger partial charge in [-0.25, -0.2) is 0 Å². The van der Waals surface area contributed by atoms with Gasteiger partial charge in [0, 0.05) is 6.61 Å². The van der Waals surface area contributed by atoms with E-state index in [1.807, 2.05) is 6.92 Å². The van der Waals surface area contributed by atoms with Crippen LogP contribution in [0, 0.1) is 16.7 Å². The first-order valence-electron chi connectivity index (χ1n) is 4.73. The summed E-state index contributed by atoms with van der Waals surface area (Å²) in [6.45, 7) is 4.97. The van der Waals surface area contributed by atoms with Crippen molar-refractivity contribution in [1.29, 1.82) is 5.26 Å². The van der Waals surface area contributed by atoms with Crippen LogP contribution < -0.4 is 0 Å². The Kier molecular flexibility index (Phi) is 3.11. The minimum absolute atomic E-state index is 0.172. The fourth-order valence-electron chi connectivity index (χ4n) is 1.58. The molecule has 2 unspecified atom stereocenters. The van der Waals surface area contributed by atoms with Gasteiger partial charge in [-0.15, -0.1) is 0 Å². The highest BCUT2D eigenvalue weighted by Crippen LogP contribution is 2.30. The Labute approximate surface area is 74.5 Å². The Morgan fingerprint density at radius 1 is 1.67 bits per heavy atom. The van der Waals surface area contributed by atoms with Gasteiger partial charge in [0.2, 0.25) is 0 Å². The number of hydrogen-bond donors (Lipinski definition) is 0. The van der Waals surface area contributed by atoms with Crippen LogP contribution in [-0.2, 0) is 4.74 Å². The fraction of sp³-hybridized carbons (Fsp3) is 0.900. The van der Waals surface area contributed by atoms with E-state index in [1.54, 1.807) is 0 Å². The smallest absolute Gasteiger partial charge is 0.0687 e. The Bertz CT molecular complexity index is 179. The molecule has 0 N–H and O–H groups in total. The van der Waals surface area contributed by atoms with Gasteiger partial charge in [0.1, 0.15) is 0 Å². The molecule has 0 radical (unpaired) electrons. The monoisotopic (exact) mass is 167 g/mol. The third-order valence-electron chi connectivity index (χ3n) is 2.75. The maximum atomic E-state index is 8.94. The highest BCUT2D eigenvalue weighted by atomic mass is 16.5. The van der Waals surface area contributed by atoms with Gasteiger partial charge >= 0.3 is 0 Å². The lowest BCUT2D eigenvalue weighted by molar-refractivity contribution is 0.0793. The molecule has 2 heteroatoms. The summed E-state index contributed by atoms with van der Waals surface area (Å²) in [5, 5.41) is 8.94. The molecule has 0 aromatic carbocycles. The minimum atomic E-state index is -0.172. The summed E-state index contributed by atoms with van der Waals surface area (Å²) in [5.41, 5.74) is -0.172. The average Bonchev–Trinajstić information content (AvgIpc) is 2.57. The van der Waals surface area contributed by atoms with Gasteiger partial charge in [0.05, 0.1) is 17.6 Å². The molecule has 2 nitrogen and oxygen atoms in total. The van der Waals surface area contributed by atoms with Crippen molar-refractivity contribution in [1.82, 2.24) is 0 Å². The lowest BCUT2D eigenvalue weighted by Gasteiger charge is -2.22. The van der Waals surface area contributed by atoms with E-state index in [4.69, 9.17) is 10.00 Å². The summed E-state index contributed by atoms with van der Waals surface area (Å²) < 4.78 is 5.50. The van der Waals surface area contributed by atoms with Crippen LogP contribution in [0.5, 0.6) is 0 Å². The molecule has 0 aliphatic carbocycles. The number of rotatable bonds is 3. The second-order valence-corrected chi connectivity index (χ2v) is 3.87. The Morgan fingerprint density at radius 2 is 2.42 bits per heavy atom. The van der Waals surface area contributed by atoms with E-state index in [1.165, 1.54) is 0 Å². The van der Waals surface area contributed by atoms with Crippen molar-refractivity contribution in [3.8, 4) is 6.07 Å². The van der Waals surface area contributed by atoms with Crippen LogP contribution in [0.15, 0.2) is 0 Å². The predicted molar refractivity (Wildman–Crippen MR) is 47.6 cm³/mol. The second-order valence-electron chi connectivity index (χ2n) is 3.87. The molecular formula is C10H17NO. The van der Waals surface area contributed by atoms with Gasteiger partial charge in [-0.1, -0.05) is 6.92 Å². The van der Waals surface area contributed by atoms with E-state index < -0.39 is 0 Å². The van der Waals surface area contributed by atoms with Crippen LogP contribution in [-0.4, -0.2) is 12.7 Å². The number of hydrogen-bond acceptors (Lipinski definition) is 2. The number of ether oxygens (including phenoxy) is 1. The molecule has 0 amide bonds. The van der Waals surface area contributed by atoms with E-state index in [-0.39, 0.29) is 5.41 Å². The average molecular weight is 167 g/mol. The lowest BCUT2D eigenvalue weighted by Crippen LogP contribution is -2.20. The van der Waals surface area contributed by atoms with Crippen LogP contribution in [0.2, 0.25) is 0 Å². The van der Waals surface area contributed by atoms with E-state index >= 15 is 0 Å². The van der Waals surface area contributed by atoms with Gasteiger partial charge in [-0.3, -0.25) is 0 Å². The molecule has 1 aliphatic rings. The zero-order chi connectivity index (χ0) is 9.03. The predicted octanol–water partition coefficient (Wildman–Crippen LogP) is 2.50. The van der Waals surface area contributed by atoms with Crippen molar-refractivity contribution in [2.75, 3.05) is 6.61 Å². The van der Waals surface area contributed by atoms with Crippen molar-refractivity contribution in [3.63, 3.8) is 0 Å². The van der Waals surface area contributed by atoms with Crippen LogP contribution in [0.4, 0.5) is 0 Å². The number of nitriles is 1. The molecule has 1 fully saturated rings. The van der Waals surface area contributed by atoms with Gasteiger partial charge in [-0.05, 0) is 32.6 Å². The van der Waals surface area contributed by atoms with E-state index in [2.05, 4.69) is 13.0 Å². The molecule has 1 aliphatic heterocycles. The molecule has 0 spiro atoms. The third-order valence-corrected chi connectivity index (χ3v) is 2.75. The normalized spacial score (nSPS) is 27.9. The van der Waals surface area contributed by atoms with Crippen LogP contribution in [0.3, 0.4) is 0 Å². The second kappa shape index (κ2) is 3.91. The lowest BCUT2D eigenvalue weighted by atomic mass is 9.83. The van der Waals surface area contributed by atoms with E-state index in [0.717, 1.165) is 32.3 Å². The Balaban J connectivity index is 2.42. The van der Waals surface area contributed by atoms with Crippen LogP contribution in [0.25, 0.3) is 0 Å². The molecule has 0 aromatic heterocycles. The summed E-state index contributed by atoms with van der Waals surface area (Å²) in [6.07, 6.45) is 4.46. The molecule has 1 saturated heterocycles. The zero-order valence-electron chi connectivity index (χ0n) is 7.97. The van der Waals surface area contributed by atoms with Crippen molar-refractivity contribution in [3.05, 3.63) is 0 Å². The molecule has 12 heavy (non-hydrogen) atoms. The molecule has 1 heterocycles.